The second kappa shape index (κ2) is 15.2. The van der Waals surface area contributed by atoms with Gasteiger partial charge < -0.3 is 20.7 Å². The first-order valence-corrected chi connectivity index (χ1v) is 16.1. The van der Waals surface area contributed by atoms with E-state index in [1.807, 2.05) is 36.4 Å². The molecule has 2 aliphatic rings. The van der Waals surface area contributed by atoms with Crippen molar-refractivity contribution in [2.24, 2.45) is 11.8 Å². The van der Waals surface area contributed by atoms with Crippen LogP contribution in [0.15, 0.2) is 48.6 Å². The Balaban J connectivity index is 0.962. The lowest BCUT2D eigenvalue weighted by atomic mass is 9.81. The lowest BCUT2D eigenvalue weighted by Gasteiger charge is -2.30. The van der Waals surface area contributed by atoms with Gasteiger partial charge in [-0.15, -0.1) is 0 Å². The Morgan fingerprint density at radius 2 is 1.62 bits per heavy atom. The zero-order chi connectivity index (χ0) is 31.8. The van der Waals surface area contributed by atoms with E-state index in [2.05, 4.69) is 16.0 Å². The molecule has 10 nitrogen and oxygen atoms in total. The number of carbonyl (C=O) groups excluding carboxylic acids is 4. The first kappa shape index (κ1) is 32.2. The first-order chi connectivity index (χ1) is 21.8. The number of imide groups is 1. The van der Waals surface area contributed by atoms with Crippen LogP contribution >= 0.6 is 11.6 Å². The Morgan fingerprint density at radius 1 is 0.889 bits per heavy atom. The number of benzene rings is 2. The van der Waals surface area contributed by atoms with E-state index in [-0.39, 0.29) is 35.5 Å². The van der Waals surface area contributed by atoms with E-state index in [0.29, 0.717) is 37.6 Å². The van der Waals surface area contributed by atoms with Crippen molar-refractivity contribution in [3.05, 3.63) is 53.6 Å². The Hall–Kier alpha value is -4.18. The minimum Gasteiger partial charge on any atom is -0.497 e. The van der Waals surface area contributed by atoms with Crippen molar-refractivity contribution in [2.45, 2.75) is 51.4 Å². The molecule has 1 aliphatic heterocycles. The zero-order valence-corrected chi connectivity index (χ0v) is 26.3. The predicted octanol–water partition coefficient (Wildman–Crippen LogP) is 4.99. The third-order valence-electron chi connectivity index (χ3n) is 8.63. The van der Waals surface area contributed by atoms with E-state index in [1.165, 1.54) is 17.1 Å². The van der Waals surface area contributed by atoms with E-state index >= 15 is 0 Å². The van der Waals surface area contributed by atoms with Crippen LogP contribution in [0, 0.1) is 11.8 Å². The number of nitrogens with one attached hydrogen (secondary N) is 3. The summed E-state index contributed by atoms with van der Waals surface area (Å²) in [5.41, 5.74) is 2.48. The number of nitrogens with zero attached hydrogens (tertiary/aromatic N) is 2. The molecule has 0 spiro atoms. The third-order valence-corrected chi connectivity index (χ3v) is 8.87. The Bertz CT molecular complexity index is 1580. The van der Waals surface area contributed by atoms with Crippen molar-refractivity contribution in [1.82, 2.24) is 20.5 Å². The highest BCUT2D eigenvalue weighted by molar-refractivity contribution is 6.31. The summed E-state index contributed by atoms with van der Waals surface area (Å²) in [6.07, 6.45) is 8.76. The number of amides is 4. The molecular formula is C34H40ClN5O5. The summed E-state index contributed by atoms with van der Waals surface area (Å²) in [5.74, 6) is 0.546. The number of aromatic nitrogens is 1. The van der Waals surface area contributed by atoms with E-state index in [9.17, 15) is 19.2 Å². The highest BCUT2D eigenvalue weighted by Gasteiger charge is 2.31. The number of anilines is 1. The topological polar surface area (TPSA) is 130 Å². The lowest BCUT2D eigenvalue weighted by molar-refractivity contribution is -0.138. The molecule has 1 aliphatic carbocycles. The summed E-state index contributed by atoms with van der Waals surface area (Å²) in [7, 11) is 1.63. The maximum atomic E-state index is 12.6. The van der Waals surface area contributed by atoms with Gasteiger partial charge in [0.2, 0.25) is 11.8 Å². The largest absolute Gasteiger partial charge is 0.497 e. The average molecular weight is 634 g/mol. The summed E-state index contributed by atoms with van der Waals surface area (Å²) in [4.78, 5) is 54.7. The molecule has 4 amide bonds. The van der Waals surface area contributed by atoms with Gasteiger partial charge in [-0.2, -0.15) is 0 Å². The maximum absolute atomic E-state index is 12.6. The summed E-state index contributed by atoms with van der Waals surface area (Å²) < 4.78 is 5.42. The van der Waals surface area contributed by atoms with Crippen molar-refractivity contribution < 1.29 is 23.9 Å². The fraction of sp³-hybridized carbons (Fsp3) is 0.441. The Morgan fingerprint density at radius 3 is 2.36 bits per heavy atom. The molecule has 1 saturated carbocycles. The third kappa shape index (κ3) is 8.30. The molecule has 3 N–H and O–H groups in total. The molecule has 0 atom stereocenters. The Kier molecular flexibility index (Phi) is 10.9. The monoisotopic (exact) mass is 633 g/mol. The highest BCUT2D eigenvalue weighted by atomic mass is 35.5. The second-order valence-electron chi connectivity index (χ2n) is 11.7. The predicted molar refractivity (Wildman–Crippen MR) is 175 cm³/mol. The van der Waals surface area contributed by atoms with E-state index in [0.717, 1.165) is 78.2 Å². The van der Waals surface area contributed by atoms with Gasteiger partial charge in [0.15, 0.2) is 0 Å². The van der Waals surface area contributed by atoms with Gasteiger partial charge in [-0.25, -0.2) is 4.98 Å². The first-order valence-electron chi connectivity index (χ1n) is 15.7. The number of hydrogen-bond acceptors (Lipinski definition) is 7. The van der Waals surface area contributed by atoms with Gasteiger partial charge in [-0.3, -0.25) is 24.1 Å². The van der Waals surface area contributed by atoms with Crippen LogP contribution < -0.4 is 20.7 Å². The van der Waals surface area contributed by atoms with Crippen molar-refractivity contribution in [3.63, 3.8) is 0 Å². The molecule has 238 valence electrons. The standard InChI is InChI=1S/C34H40ClN5O5/c1-45-25-10-12-28-27(20-25)33(26-11-9-24(35)19-29(26)39-28)37-18-15-30(41)36-16-3-2-4-17-38-34(44)23-7-5-22(6-8-23)21-40-31(42)13-14-32(40)43/h9-14,19-20,22-23H,2-8,15-18,21H2,1H3,(H,36,41)(H,37,39)(H,38,44). The van der Waals surface area contributed by atoms with Crippen molar-refractivity contribution in [1.29, 1.82) is 0 Å². The summed E-state index contributed by atoms with van der Waals surface area (Å²) >= 11 is 6.21. The lowest BCUT2D eigenvalue weighted by Crippen LogP contribution is -2.38. The van der Waals surface area contributed by atoms with Crippen LogP contribution in [0.2, 0.25) is 5.02 Å². The Labute approximate surface area is 267 Å². The van der Waals surface area contributed by atoms with Gasteiger partial charge >= 0.3 is 0 Å². The van der Waals surface area contributed by atoms with Gasteiger partial charge in [0, 0.05) is 66.5 Å². The highest BCUT2D eigenvalue weighted by Crippen LogP contribution is 2.34. The maximum Gasteiger partial charge on any atom is 0.253 e. The van der Waals surface area contributed by atoms with Crippen LogP contribution in [-0.4, -0.2) is 66.8 Å². The van der Waals surface area contributed by atoms with Gasteiger partial charge in [-0.05, 0) is 87.3 Å². The molecule has 1 fully saturated rings. The van der Waals surface area contributed by atoms with Crippen molar-refractivity contribution >= 4 is 62.7 Å². The molecule has 0 unspecified atom stereocenters. The van der Waals surface area contributed by atoms with Crippen LogP contribution in [-0.2, 0) is 19.2 Å². The molecular weight excluding hydrogens is 594 g/mol. The molecule has 1 aromatic heterocycles. The van der Waals surface area contributed by atoms with Gasteiger partial charge in [-0.1, -0.05) is 11.6 Å². The number of halogens is 1. The zero-order valence-electron chi connectivity index (χ0n) is 25.6. The molecule has 3 aromatic rings. The molecule has 0 radical (unpaired) electrons. The summed E-state index contributed by atoms with van der Waals surface area (Å²) in [6.45, 7) is 2.10. The number of unbranched alkanes of at least 4 members (excludes halogenated alkanes) is 2. The number of hydrogen-bond donors (Lipinski definition) is 3. The fourth-order valence-electron chi connectivity index (χ4n) is 6.09. The summed E-state index contributed by atoms with van der Waals surface area (Å²) in [6, 6.07) is 11.3. The van der Waals surface area contributed by atoms with Crippen LogP contribution in [0.3, 0.4) is 0 Å². The average Bonchev–Trinajstić information content (AvgIpc) is 3.36. The molecule has 45 heavy (non-hydrogen) atoms. The minimum absolute atomic E-state index is 0.0137. The number of pyridine rings is 1. The fourth-order valence-corrected chi connectivity index (χ4v) is 6.26. The van der Waals surface area contributed by atoms with Crippen LogP contribution in [0.4, 0.5) is 5.69 Å². The van der Waals surface area contributed by atoms with E-state index in [1.54, 1.807) is 7.11 Å². The molecule has 0 saturated heterocycles. The van der Waals surface area contributed by atoms with Gasteiger partial charge in [0.1, 0.15) is 5.75 Å². The van der Waals surface area contributed by atoms with Gasteiger partial charge in [0.25, 0.3) is 11.8 Å². The smallest absolute Gasteiger partial charge is 0.253 e. The van der Waals surface area contributed by atoms with Crippen LogP contribution in [0.25, 0.3) is 21.8 Å². The normalized spacial score (nSPS) is 18.0. The molecule has 2 aromatic carbocycles. The van der Waals surface area contributed by atoms with Crippen molar-refractivity contribution in [3.8, 4) is 5.75 Å². The number of methoxy groups -OCH3 is 1. The van der Waals surface area contributed by atoms with E-state index < -0.39 is 0 Å². The molecule has 2 heterocycles. The van der Waals surface area contributed by atoms with Gasteiger partial charge in [0.05, 0.1) is 23.8 Å². The number of carbonyl (C=O) groups is 4. The number of ether oxygens (including phenoxy) is 1. The quantitative estimate of drug-likeness (QED) is 0.130. The summed E-state index contributed by atoms with van der Waals surface area (Å²) in [5, 5.41) is 11.9. The molecule has 5 rings (SSSR count). The second-order valence-corrected chi connectivity index (χ2v) is 12.2. The number of rotatable bonds is 14. The van der Waals surface area contributed by atoms with Crippen molar-refractivity contribution in [2.75, 3.05) is 38.6 Å². The van der Waals surface area contributed by atoms with E-state index in [4.69, 9.17) is 21.3 Å². The minimum atomic E-state index is -0.242. The van der Waals surface area contributed by atoms with Crippen LogP contribution in [0.5, 0.6) is 5.75 Å². The SMILES string of the molecule is COc1ccc2nc3cc(Cl)ccc3c(NCCC(=O)NCCCCCNC(=O)C3CCC(CN4C(=O)C=CC4=O)CC3)c2c1. The molecule has 0 bridgehead atoms. The van der Waals surface area contributed by atoms with Crippen LogP contribution in [0.1, 0.15) is 51.4 Å². The number of fused-ring (bicyclic) bond motifs is 2. The molecule has 11 heteroatoms.